The number of hydrogen-bond acceptors (Lipinski definition) is 7. The number of nitro groups is 1. The number of pyridine rings is 1. The van der Waals surface area contributed by atoms with E-state index in [1.165, 1.54) is 48.5 Å². The van der Waals surface area contributed by atoms with Crippen LogP contribution in [-0.4, -0.2) is 15.8 Å². The minimum absolute atomic E-state index is 0.156. The number of non-ortho nitro benzene ring substituents is 1. The second-order valence-corrected chi connectivity index (χ2v) is 7.09. The maximum Gasteiger partial charge on any atom is 0.343 e. The van der Waals surface area contributed by atoms with Crippen LogP contribution in [0.2, 0.25) is 0 Å². The first-order valence-corrected chi connectivity index (χ1v) is 9.57. The molecule has 9 nitrogen and oxygen atoms in total. The van der Waals surface area contributed by atoms with E-state index < -0.39 is 28.7 Å². The van der Waals surface area contributed by atoms with Crippen LogP contribution in [0, 0.1) is 15.3 Å². The number of hydrogen-bond donors (Lipinski definition) is 1. The van der Waals surface area contributed by atoms with Gasteiger partial charge in [-0.1, -0.05) is 24.3 Å². The summed E-state index contributed by atoms with van der Waals surface area (Å²) >= 11 is 0. The number of Topliss-reactive ketones (excluding diaryl/α,β-unsaturated/α-hetero) is 1. The molecule has 0 aliphatic carbocycles. The summed E-state index contributed by atoms with van der Waals surface area (Å²) in [4.78, 5) is 36.5. The van der Waals surface area contributed by atoms with Crippen molar-refractivity contribution in [2.24, 2.45) is 0 Å². The van der Waals surface area contributed by atoms with Gasteiger partial charge in [-0.3, -0.25) is 14.9 Å². The molecule has 2 aromatic carbocycles. The molecule has 4 rings (SSSR count). The highest BCUT2D eigenvalue weighted by atomic mass is 16.6. The van der Waals surface area contributed by atoms with Crippen LogP contribution in [0.4, 0.5) is 5.69 Å². The smallest absolute Gasteiger partial charge is 0.343 e. The van der Waals surface area contributed by atoms with Crippen LogP contribution in [0.5, 0.6) is 5.75 Å². The van der Waals surface area contributed by atoms with Crippen LogP contribution >= 0.6 is 0 Å². The summed E-state index contributed by atoms with van der Waals surface area (Å²) in [5, 5.41) is 34.5. The number of rotatable bonds is 6. The van der Waals surface area contributed by atoms with Crippen molar-refractivity contribution in [1.29, 1.82) is 0 Å². The molecule has 2 heterocycles. The predicted octanol–water partition coefficient (Wildman–Crippen LogP) is 3.45. The van der Waals surface area contributed by atoms with E-state index in [1.54, 1.807) is 18.2 Å². The van der Waals surface area contributed by atoms with Crippen molar-refractivity contribution >= 4 is 22.4 Å². The molecule has 0 saturated heterocycles. The molecule has 0 amide bonds. The Morgan fingerprint density at radius 2 is 1.84 bits per heavy atom. The van der Waals surface area contributed by atoms with Crippen LogP contribution < -0.4 is 10.4 Å². The lowest BCUT2D eigenvalue weighted by Crippen LogP contribution is -2.34. The number of aromatic nitrogens is 1. The number of carbonyl (C=O) groups is 1. The van der Waals surface area contributed by atoms with Gasteiger partial charge in [0, 0.05) is 36.6 Å². The Balaban J connectivity index is 1.91. The minimum atomic E-state index is -1.09. The number of carbonyl (C=O) groups excluding carboxylic acids is 1. The highest BCUT2D eigenvalue weighted by molar-refractivity contribution is 5.94. The largest absolute Gasteiger partial charge is 0.618 e. The molecule has 0 aliphatic rings. The summed E-state index contributed by atoms with van der Waals surface area (Å²) in [5.74, 6) is -2.09. The Morgan fingerprint density at radius 1 is 1.09 bits per heavy atom. The van der Waals surface area contributed by atoms with E-state index in [-0.39, 0.29) is 39.2 Å². The number of para-hydroxylation sites is 1. The fourth-order valence-electron chi connectivity index (χ4n) is 3.63. The fourth-order valence-corrected chi connectivity index (χ4v) is 3.63. The lowest BCUT2D eigenvalue weighted by atomic mass is 9.86. The Morgan fingerprint density at radius 3 is 2.59 bits per heavy atom. The molecule has 1 N–H and O–H groups in total. The van der Waals surface area contributed by atoms with Gasteiger partial charge in [-0.05, 0) is 23.8 Å². The van der Waals surface area contributed by atoms with E-state index in [2.05, 4.69) is 0 Å². The molecule has 0 fully saturated rings. The van der Waals surface area contributed by atoms with Crippen molar-refractivity contribution in [3.63, 3.8) is 0 Å². The van der Waals surface area contributed by atoms with Crippen molar-refractivity contribution in [3.8, 4) is 5.75 Å². The standard InChI is InChI=1S/C23H16N2O7/c26-19(18-9-3-4-11-24(18)29)13-17(14-6-5-7-15(12-14)25(30)31)21-22(27)16-8-1-2-10-20(16)32-23(21)28/h1-12,17,27H,13H2/t17-/m1/s1. The van der Waals surface area contributed by atoms with E-state index in [0.717, 1.165) is 6.20 Å². The number of nitro benzene ring substituents is 1. The Labute approximate surface area is 180 Å². The zero-order valence-electron chi connectivity index (χ0n) is 16.5. The zero-order chi connectivity index (χ0) is 22.8. The normalized spacial score (nSPS) is 11.9. The van der Waals surface area contributed by atoms with E-state index in [0.29, 0.717) is 4.73 Å². The van der Waals surface area contributed by atoms with Crippen molar-refractivity contribution in [2.45, 2.75) is 12.3 Å². The Hall–Kier alpha value is -4.53. The molecule has 0 bridgehead atoms. The molecule has 0 saturated carbocycles. The molecule has 0 unspecified atom stereocenters. The SMILES string of the molecule is O=C(C[C@H](c1cccc([N+](=O)[O-])c1)c1c(O)c2ccccc2oc1=O)c1cccc[n+]1[O-]. The van der Waals surface area contributed by atoms with Crippen LogP contribution in [0.1, 0.15) is 34.0 Å². The Kier molecular flexibility index (Phi) is 5.38. The lowest BCUT2D eigenvalue weighted by Gasteiger charge is -2.18. The van der Waals surface area contributed by atoms with Crippen molar-refractivity contribution < 1.29 is 24.0 Å². The van der Waals surface area contributed by atoms with Gasteiger partial charge in [0.15, 0.2) is 6.20 Å². The molecule has 4 aromatic rings. The van der Waals surface area contributed by atoms with E-state index in [4.69, 9.17) is 4.42 Å². The first kappa shape index (κ1) is 20.7. The van der Waals surface area contributed by atoms with Gasteiger partial charge in [-0.15, -0.1) is 0 Å². The van der Waals surface area contributed by atoms with Gasteiger partial charge in [-0.2, -0.15) is 4.73 Å². The summed E-state index contributed by atoms with van der Waals surface area (Å²) in [6, 6.07) is 16.1. The number of benzene rings is 2. The number of ketones is 1. The van der Waals surface area contributed by atoms with Crippen LogP contribution in [0.15, 0.2) is 82.1 Å². The van der Waals surface area contributed by atoms with Gasteiger partial charge in [0.1, 0.15) is 11.3 Å². The van der Waals surface area contributed by atoms with Crippen LogP contribution in [-0.2, 0) is 0 Å². The van der Waals surface area contributed by atoms with Crippen molar-refractivity contribution in [1.82, 2.24) is 0 Å². The summed E-state index contributed by atoms with van der Waals surface area (Å²) < 4.78 is 5.74. The molecular weight excluding hydrogens is 416 g/mol. The highest BCUT2D eigenvalue weighted by Gasteiger charge is 2.30. The third-order valence-corrected chi connectivity index (χ3v) is 5.15. The summed E-state index contributed by atoms with van der Waals surface area (Å²) in [5.41, 5.74) is -1.10. The molecule has 0 radical (unpaired) electrons. The zero-order valence-corrected chi connectivity index (χ0v) is 16.5. The second-order valence-electron chi connectivity index (χ2n) is 7.09. The molecule has 1 atom stereocenters. The summed E-state index contributed by atoms with van der Waals surface area (Å²) in [6.07, 6.45) is 0.765. The predicted molar refractivity (Wildman–Crippen MR) is 113 cm³/mol. The molecular formula is C23H16N2O7. The maximum absolute atomic E-state index is 13.0. The van der Waals surface area contributed by atoms with Gasteiger partial charge >= 0.3 is 5.63 Å². The van der Waals surface area contributed by atoms with E-state index in [9.17, 15) is 30.0 Å². The lowest BCUT2D eigenvalue weighted by molar-refractivity contribution is -0.607. The van der Waals surface area contributed by atoms with Crippen LogP contribution in [0.25, 0.3) is 11.0 Å². The summed E-state index contributed by atoms with van der Waals surface area (Å²) in [7, 11) is 0. The second kappa shape index (κ2) is 8.31. The molecule has 0 aliphatic heterocycles. The molecule has 160 valence electrons. The van der Waals surface area contributed by atoms with Gasteiger partial charge in [-0.25, -0.2) is 4.79 Å². The number of fused-ring (bicyclic) bond motifs is 1. The average Bonchev–Trinajstić information content (AvgIpc) is 2.78. The average molecular weight is 432 g/mol. The minimum Gasteiger partial charge on any atom is -0.618 e. The van der Waals surface area contributed by atoms with Gasteiger partial charge in [0.05, 0.1) is 15.9 Å². The molecule has 32 heavy (non-hydrogen) atoms. The first-order chi connectivity index (χ1) is 15.4. The highest BCUT2D eigenvalue weighted by Crippen LogP contribution is 2.37. The van der Waals surface area contributed by atoms with Crippen molar-refractivity contribution in [2.75, 3.05) is 0 Å². The quantitative estimate of drug-likeness (QED) is 0.123. The molecule has 0 spiro atoms. The first-order valence-electron chi connectivity index (χ1n) is 9.57. The van der Waals surface area contributed by atoms with E-state index >= 15 is 0 Å². The third kappa shape index (κ3) is 3.79. The fraction of sp³-hybridized carbons (Fsp3) is 0.0870. The Bertz CT molecular complexity index is 1410. The number of aromatic hydroxyl groups is 1. The van der Waals surface area contributed by atoms with Crippen molar-refractivity contribution in [3.05, 3.63) is 115 Å². The molecule has 9 heteroatoms. The van der Waals surface area contributed by atoms with E-state index in [1.807, 2.05) is 0 Å². The van der Waals surface area contributed by atoms with Gasteiger partial charge < -0.3 is 14.7 Å². The van der Waals surface area contributed by atoms with Crippen LogP contribution in [0.3, 0.4) is 0 Å². The summed E-state index contributed by atoms with van der Waals surface area (Å²) in [6.45, 7) is 0. The number of nitrogens with zero attached hydrogens (tertiary/aromatic N) is 2. The maximum atomic E-state index is 13.0. The van der Waals surface area contributed by atoms with Gasteiger partial charge in [0.25, 0.3) is 11.4 Å². The van der Waals surface area contributed by atoms with Gasteiger partial charge in [0.2, 0.25) is 5.78 Å². The third-order valence-electron chi connectivity index (χ3n) is 5.15. The molecule has 2 aromatic heterocycles. The topological polar surface area (TPSA) is 138 Å². The monoisotopic (exact) mass is 432 g/mol.